The third-order valence-electron chi connectivity index (χ3n) is 6.45. The van der Waals surface area contributed by atoms with Crippen molar-refractivity contribution >= 4 is 39.3 Å². The maximum absolute atomic E-state index is 14.0. The highest BCUT2D eigenvalue weighted by molar-refractivity contribution is 7.98. The molecule has 3 aromatic carbocycles. The van der Waals surface area contributed by atoms with Gasteiger partial charge in [-0.05, 0) is 100 Å². The van der Waals surface area contributed by atoms with E-state index in [1.807, 2.05) is 33.1 Å². The molecule has 0 spiro atoms. The first kappa shape index (κ1) is 32.8. The molecule has 2 amide bonds. The number of benzene rings is 3. The fourth-order valence-electron chi connectivity index (χ4n) is 4.23. The number of sulfonamides is 1. The van der Waals surface area contributed by atoms with Crippen LogP contribution in [0.3, 0.4) is 0 Å². The zero-order valence-electron chi connectivity index (χ0n) is 24.9. The van der Waals surface area contributed by atoms with Gasteiger partial charge in [0.15, 0.2) is 0 Å². The number of thioether (sulfide) groups is 1. The second kappa shape index (κ2) is 15.0. The predicted molar refractivity (Wildman–Crippen MR) is 167 cm³/mol. The van der Waals surface area contributed by atoms with Crippen LogP contribution in [-0.2, 0) is 26.2 Å². The normalized spacial score (nSPS) is 12.0. The molecule has 42 heavy (non-hydrogen) atoms. The van der Waals surface area contributed by atoms with Gasteiger partial charge in [-0.3, -0.25) is 13.9 Å². The van der Waals surface area contributed by atoms with Crippen molar-refractivity contribution in [2.24, 2.45) is 0 Å². The largest absolute Gasteiger partial charge is 0.497 e. The highest BCUT2D eigenvalue weighted by atomic mass is 32.2. The molecule has 0 unspecified atom stereocenters. The molecule has 0 aliphatic carbocycles. The topological polar surface area (TPSA) is 105 Å². The molecule has 0 bridgehead atoms. The zero-order chi connectivity index (χ0) is 30.9. The molecule has 3 aromatic rings. The summed E-state index contributed by atoms with van der Waals surface area (Å²) in [5.74, 6) is 0.297. The molecule has 3 rings (SSSR count). The lowest BCUT2D eigenvalue weighted by Gasteiger charge is -2.32. The van der Waals surface area contributed by atoms with Crippen molar-refractivity contribution in [2.75, 3.05) is 30.8 Å². The highest BCUT2D eigenvalue weighted by Gasteiger charge is 2.32. The molecular formula is C31H39N3O6S2. The van der Waals surface area contributed by atoms with Crippen LogP contribution in [0.2, 0.25) is 0 Å². The third kappa shape index (κ3) is 8.42. The van der Waals surface area contributed by atoms with Crippen LogP contribution in [0.1, 0.15) is 33.3 Å². The average molecular weight is 614 g/mol. The number of methoxy groups -OCH3 is 1. The third-order valence-corrected chi connectivity index (χ3v) is 8.98. The molecule has 226 valence electrons. The molecule has 1 atom stereocenters. The van der Waals surface area contributed by atoms with Crippen LogP contribution in [0.25, 0.3) is 0 Å². The lowest BCUT2D eigenvalue weighted by molar-refractivity contribution is -0.139. The quantitative estimate of drug-likeness (QED) is 0.257. The lowest BCUT2D eigenvalue weighted by atomic mass is 10.1. The van der Waals surface area contributed by atoms with Crippen molar-refractivity contribution in [3.63, 3.8) is 0 Å². The van der Waals surface area contributed by atoms with E-state index in [1.165, 1.54) is 28.8 Å². The monoisotopic (exact) mass is 613 g/mol. The maximum atomic E-state index is 14.0. The number of hydrogen-bond acceptors (Lipinski definition) is 7. The molecular weight excluding hydrogens is 574 g/mol. The van der Waals surface area contributed by atoms with Gasteiger partial charge in [0.1, 0.15) is 24.1 Å². The van der Waals surface area contributed by atoms with Gasteiger partial charge in [-0.2, -0.15) is 0 Å². The minimum absolute atomic E-state index is 0.0481. The van der Waals surface area contributed by atoms with Crippen molar-refractivity contribution < 1.29 is 27.5 Å². The Hall–Kier alpha value is -3.70. The van der Waals surface area contributed by atoms with Gasteiger partial charge in [-0.25, -0.2) is 8.42 Å². The summed E-state index contributed by atoms with van der Waals surface area (Å²) in [5.41, 5.74) is 1.02. The number of carbonyl (C=O) groups excluding carboxylic acids is 2. The Kier molecular flexibility index (Phi) is 11.7. The zero-order valence-corrected chi connectivity index (χ0v) is 26.5. The number of ether oxygens (including phenoxy) is 2. The summed E-state index contributed by atoms with van der Waals surface area (Å²) >= 11 is 1.50. The van der Waals surface area contributed by atoms with Crippen LogP contribution in [0.5, 0.6) is 11.5 Å². The first-order valence-corrected chi connectivity index (χ1v) is 16.3. The molecule has 9 nitrogen and oxygen atoms in total. The van der Waals surface area contributed by atoms with E-state index in [1.54, 1.807) is 68.6 Å². The molecule has 0 aromatic heterocycles. The van der Waals surface area contributed by atoms with Crippen LogP contribution in [0, 0.1) is 0 Å². The molecule has 1 N–H and O–H groups in total. The molecule has 0 saturated carbocycles. The van der Waals surface area contributed by atoms with Crippen molar-refractivity contribution in [2.45, 2.75) is 56.1 Å². The molecule has 0 radical (unpaired) electrons. The summed E-state index contributed by atoms with van der Waals surface area (Å²) in [5, 5.41) is 2.85. The average Bonchev–Trinajstić information content (AvgIpc) is 2.98. The summed E-state index contributed by atoms with van der Waals surface area (Å²) in [6.07, 6.45) is 1.90. The summed E-state index contributed by atoms with van der Waals surface area (Å²) in [7, 11) is -2.62. The smallest absolute Gasteiger partial charge is 0.264 e. The Morgan fingerprint density at radius 1 is 0.952 bits per heavy atom. The number of hydrogen-bond donors (Lipinski definition) is 1. The number of carbonyl (C=O) groups is 2. The van der Waals surface area contributed by atoms with Crippen molar-refractivity contribution in [1.29, 1.82) is 0 Å². The SMILES string of the molecule is CCOc1ccc(N(CC(=O)N(Cc2cccc(OC)c2)[C@H](C)C(=O)NC(C)C)S(=O)(=O)c2ccc(SC)cc2)cc1. The van der Waals surface area contributed by atoms with Gasteiger partial charge in [0.05, 0.1) is 24.3 Å². The second-order valence-corrected chi connectivity index (χ2v) is 12.6. The van der Waals surface area contributed by atoms with Gasteiger partial charge >= 0.3 is 0 Å². The lowest BCUT2D eigenvalue weighted by Crippen LogP contribution is -2.52. The molecule has 11 heteroatoms. The summed E-state index contributed by atoms with van der Waals surface area (Å²) in [4.78, 5) is 29.5. The summed E-state index contributed by atoms with van der Waals surface area (Å²) in [6.45, 7) is 7.16. The van der Waals surface area contributed by atoms with Crippen LogP contribution < -0.4 is 19.1 Å². The fourth-order valence-corrected chi connectivity index (χ4v) is 6.06. The van der Waals surface area contributed by atoms with E-state index < -0.39 is 28.5 Å². The standard InChI is InChI=1S/C31H39N3O6S2/c1-7-40-26-13-11-25(12-14-26)34(42(37,38)29-17-15-28(41-6)16-18-29)21-30(35)33(23(4)31(36)32-22(2)3)20-24-9-8-10-27(19-24)39-5/h8-19,22-23H,7,20-21H2,1-6H3,(H,32,36)/t23-/m1/s1. The van der Waals surface area contributed by atoms with E-state index in [4.69, 9.17) is 9.47 Å². The Morgan fingerprint density at radius 2 is 1.62 bits per heavy atom. The molecule has 0 aliphatic heterocycles. The minimum atomic E-state index is -4.17. The fraction of sp³-hybridized carbons (Fsp3) is 0.355. The van der Waals surface area contributed by atoms with Crippen LogP contribution in [-0.4, -0.2) is 63.7 Å². The molecule has 0 fully saturated rings. The number of amides is 2. The maximum Gasteiger partial charge on any atom is 0.264 e. The van der Waals surface area contributed by atoms with E-state index in [0.717, 1.165) is 14.8 Å². The van der Waals surface area contributed by atoms with E-state index in [9.17, 15) is 18.0 Å². The molecule has 0 heterocycles. The number of anilines is 1. The van der Waals surface area contributed by atoms with Gasteiger partial charge in [-0.1, -0.05) is 12.1 Å². The molecule has 0 saturated heterocycles. The van der Waals surface area contributed by atoms with E-state index in [-0.39, 0.29) is 23.4 Å². The minimum Gasteiger partial charge on any atom is -0.497 e. The predicted octanol–water partition coefficient (Wildman–Crippen LogP) is 4.95. The van der Waals surface area contributed by atoms with Crippen LogP contribution in [0.4, 0.5) is 5.69 Å². The molecule has 0 aliphatic rings. The van der Waals surface area contributed by atoms with Gasteiger partial charge in [-0.15, -0.1) is 11.8 Å². The Bertz CT molecular complexity index is 1440. The van der Waals surface area contributed by atoms with Gasteiger partial charge in [0.2, 0.25) is 11.8 Å². The van der Waals surface area contributed by atoms with E-state index in [0.29, 0.717) is 23.8 Å². The van der Waals surface area contributed by atoms with Crippen LogP contribution in [0.15, 0.2) is 82.6 Å². The van der Waals surface area contributed by atoms with Crippen molar-refractivity contribution in [1.82, 2.24) is 10.2 Å². The second-order valence-electron chi connectivity index (χ2n) is 9.83. The van der Waals surface area contributed by atoms with Gasteiger partial charge in [0, 0.05) is 17.5 Å². The van der Waals surface area contributed by atoms with Crippen LogP contribution >= 0.6 is 11.8 Å². The Morgan fingerprint density at radius 3 is 2.19 bits per heavy atom. The first-order valence-electron chi connectivity index (χ1n) is 13.6. The summed E-state index contributed by atoms with van der Waals surface area (Å²) < 4.78 is 40.0. The first-order chi connectivity index (χ1) is 20.0. The van der Waals surface area contributed by atoms with E-state index >= 15 is 0 Å². The van der Waals surface area contributed by atoms with Gasteiger partial charge in [0.25, 0.3) is 10.0 Å². The van der Waals surface area contributed by atoms with E-state index in [2.05, 4.69) is 5.32 Å². The van der Waals surface area contributed by atoms with Crippen molar-refractivity contribution in [3.8, 4) is 11.5 Å². The van der Waals surface area contributed by atoms with Gasteiger partial charge < -0.3 is 19.7 Å². The number of nitrogens with zero attached hydrogens (tertiary/aromatic N) is 2. The highest BCUT2D eigenvalue weighted by Crippen LogP contribution is 2.28. The number of nitrogens with one attached hydrogen (secondary N) is 1. The Balaban J connectivity index is 2.04. The Labute approximate surface area is 253 Å². The van der Waals surface area contributed by atoms with Crippen molar-refractivity contribution in [3.05, 3.63) is 78.4 Å². The number of rotatable bonds is 14. The summed E-state index contributed by atoms with van der Waals surface area (Å²) in [6, 6.07) is 19.2.